The van der Waals surface area contributed by atoms with Crippen LogP contribution in [0.2, 0.25) is 0 Å². The first-order valence-corrected chi connectivity index (χ1v) is 7.06. The summed E-state index contributed by atoms with van der Waals surface area (Å²) in [6.45, 7) is 4.05. The van der Waals surface area contributed by atoms with Gasteiger partial charge in [0.25, 0.3) is 0 Å². The topological polar surface area (TPSA) is 29.1 Å². The van der Waals surface area contributed by atoms with E-state index in [4.69, 9.17) is 0 Å². The molecule has 2 aromatic carbocycles. The molecule has 2 nitrogen and oxygen atoms in total. The third kappa shape index (κ3) is 3.67. The predicted octanol–water partition coefficient (Wildman–Crippen LogP) is 4.39. The standard InChI is InChI=1S/C16H15BrFNO/c1-10-3-4-12(7-11(10)2)8-16(20)19-13-5-6-14(17)15(18)9-13/h3-7,9H,8H2,1-2H3,(H,19,20). The van der Waals surface area contributed by atoms with Crippen molar-refractivity contribution in [1.29, 1.82) is 0 Å². The predicted molar refractivity (Wildman–Crippen MR) is 82.3 cm³/mol. The molecule has 0 atom stereocenters. The fourth-order valence-electron chi connectivity index (χ4n) is 1.88. The lowest BCUT2D eigenvalue weighted by Gasteiger charge is -2.07. The summed E-state index contributed by atoms with van der Waals surface area (Å²) in [6.07, 6.45) is 0.277. The van der Waals surface area contributed by atoms with Gasteiger partial charge in [-0.25, -0.2) is 4.39 Å². The fourth-order valence-corrected chi connectivity index (χ4v) is 2.12. The van der Waals surface area contributed by atoms with Crippen molar-refractivity contribution < 1.29 is 9.18 Å². The molecule has 104 valence electrons. The first-order chi connectivity index (χ1) is 9.45. The van der Waals surface area contributed by atoms with E-state index in [1.165, 1.54) is 11.6 Å². The van der Waals surface area contributed by atoms with Gasteiger partial charge < -0.3 is 5.32 Å². The van der Waals surface area contributed by atoms with Gasteiger partial charge in [-0.3, -0.25) is 4.79 Å². The lowest BCUT2D eigenvalue weighted by Crippen LogP contribution is -2.14. The first kappa shape index (κ1) is 14.7. The second kappa shape index (κ2) is 6.18. The number of halogens is 2. The fraction of sp³-hybridized carbons (Fsp3) is 0.188. The molecule has 0 fully saturated rings. The van der Waals surface area contributed by atoms with Crippen molar-refractivity contribution in [2.75, 3.05) is 5.32 Å². The van der Waals surface area contributed by atoms with Gasteiger partial charge in [0.1, 0.15) is 5.82 Å². The van der Waals surface area contributed by atoms with Crippen molar-refractivity contribution >= 4 is 27.5 Å². The molecule has 0 spiro atoms. The van der Waals surface area contributed by atoms with E-state index in [1.54, 1.807) is 12.1 Å². The van der Waals surface area contributed by atoms with Gasteiger partial charge in [-0.2, -0.15) is 0 Å². The van der Waals surface area contributed by atoms with Crippen LogP contribution in [0.3, 0.4) is 0 Å². The molecule has 20 heavy (non-hydrogen) atoms. The van der Waals surface area contributed by atoms with Gasteiger partial charge in [0, 0.05) is 5.69 Å². The number of amides is 1. The Kier molecular flexibility index (Phi) is 4.55. The Hall–Kier alpha value is -1.68. The molecule has 0 aliphatic carbocycles. The molecule has 1 N–H and O–H groups in total. The lowest BCUT2D eigenvalue weighted by atomic mass is 10.0. The largest absolute Gasteiger partial charge is 0.326 e. The van der Waals surface area contributed by atoms with Crippen LogP contribution in [0.25, 0.3) is 0 Å². The molecule has 0 aliphatic rings. The van der Waals surface area contributed by atoms with Gasteiger partial charge in [-0.15, -0.1) is 0 Å². The van der Waals surface area contributed by atoms with E-state index >= 15 is 0 Å². The smallest absolute Gasteiger partial charge is 0.228 e. The summed E-state index contributed by atoms with van der Waals surface area (Å²) >= 11 is 3.08. The second-order valence-corrected chi connectivity index (χ2v) is 5.63. The second-order valence-electron chi connectivity index (χ2n) is 4.77. The van der Waals surface area contributed by atoms with E-state index in [1.807, 2.05) is 32.0 Å². The molecule has 0 aliphatic heterocycles. The Bertz CT molecular complexity index is 599. The van der Waals surface area contributed by atoms with Gasteiger partial charge in [0.05, 0.1) is 10.9 Å². The SMILES string of the molecule is Cc1ccc(CC(=O)Nc2ccc(Br)c(F)c2)cc1C. The normalized spacial score (nSPS) is 10.4. The molecule has 2 aromatic rings. The van der Waals surface area contributed by atoms with Crippen LogP contribution in [0, 0.1) is 19.7 Å². The highest BCUT2D eigenvalue weighted by Gasteiger charge is 2.07. The molecule has 0 heterocycles. The third-order valence-corrected chi connectivity index (χ3v) is 3.78. The highest BCUT2D eigenvalue weighted by atomic mass is 79.9. The van der Waals surface area contributed by atoms with E-state index < -0.39 is 5.82 Å². The lowest BCUT2D eigenvalue weighted by molar-refractivity contribution is -0.115. The van der Waals surface area contributed by atoms with Gasteiger partial charge in [0.2, 0.25) is 5.91 Å². The Balaban J connectivity index is 2.04. The quantitative estimate of drug-likeness (QED) is 0.885. The van der Waals surface area contributed by atoms with Crippen LogP contribution < -0.4 is 5.32 Å². The highest BCUT2D eigenvalue weighted by molar-refractivity contribution is 9.10. The molecule has 2 rings (SSSR count). The molecule has 0 bridgehead atoms. The Morgan fingerprint density at radius 1 is 1.15 bits per heavy atom. The van der Waals surface area contributed by atoms with E-state index in [2.05, 4.69) is 21.2 Å². The number of anilines is 1. The summed E-state index contributed by atoms with van der Waals surface area (Å²) in [5.74, 6) is -0.552. The van der Waals surface area contributed by atoms with Crippen molar-refractivity contribution in [1.82, 2.24) is 0 Å². The summed E-state index contributed by atoms with van der Waals surface area (Å²) < 4.78 is 13.7. The van der Waals surface area contributed by atoms with Gasteiger partial charge in [0.15, 0.2) is 0 Å². The van der Waals surface area contributed by atoms with Crippen LogP contribution in [0.5, 0.6) is 0 Å². The van der Waals surface area contributed by atoms with Crippen molar-refractivity contribution in [3.8, 4) is 0 Å². The van der Waals surface area contributed by atoms with Crippen molar-refractivity contribution in [2.24, 2.45) is 0 Å². The van der Waals surface area contributed by atoms with Crippen LogP contribution in [-0.4, -0.2) is 5.91 Å². The van der Waals surface area contributed by atoms with Crippen molar-refractivity contribution in [3.63, 3.8) is 0 Å². The van der Waals surface area contributed by atoms with Gasteiger partial charge in [-0.1, -0.05) is 18.2 Å². The number of carbonyl (C=O) groups excluding carboxylic acids is 1. The molecular weight excluding hydrogens is 321 g/mol. The first-order valence-electron chi connectivity index (χ1n) is 6.27. The molecule has 0 aromatic heterocycles. The average Bonchev–Trinajstić information content (AvgIpc) is 2.38. The monoisotopic (exact) mass is 335 g/mol. The van der Waals surface area contributed by atoms with E-state index in [0.717, 1.165) is 11.1 Å². The van der Waals surface area contributed by atoms with E-state index in [-0.39, 0.29) is 12.3 Å². The number of benzene rings is 2. The highest BCUT2D eigenvalue weighted by Crippen LogP contribution is 2.19. The molecule has 4 heteroatoms. The van der Waals surface area contributed by atoms with Gasteiger partial charge in [-0.05, 0) is 64.7 Å². The number of hydrogen-bond donors (Lipinski definition) is 1. The Labute approximate surface area is 126 Å². The minimum Gasteiger partial charge on any atom is -0.326 e. The van der Waals surface area contributed by atoms with Crippen LogP contribution >= 0.6 is 15.9 Å². The van der Waals surface area contributed by atoms with E-state index in [9.17, 15) is 9.18 Å². The van der Waals surface area contributed by atoms with Crippen LogP contribution in [0.15, 0.2) is 40.9 Å². The van der Waals surface area contributed by atoms with Crippen LogP contribution in [0.4, 0.5) is 10.1 Å². The van der Waals surface area contributed by atoms with Crippen LogP contribution in [0.1, 0.15) is 16.7 Å². The van der Waals surface area contributed by atoms with Crippen molar-refractivity contribution in [3.05, 3.63) is 63.4 Å². The molecular formula is C16H15BrFNO. The number of rotatable bonds is 3. The number of carbonyl (C=O) groups is 1. The molecule has 0 radical (unpaired) electrons. The maximum Gasteiger partial charge on any atom is 0.228 e. The maximum absolute atomic E-state index is 13.4. The zero-order valence-corrected chi connectivity index (χ0v) is 12.9. The molecule has 0 saturated carbocycles. The Morgan fingerprint density at radius 2 is 1.90 bits per heavy atom. The zero-order valence-electron chi connectivity index (χ0n) is 11.3. The van der Waals surface area contributed by atoms with E-state index in [0.29, 0.717) is 10.2 Å². The van der Waals surface area contributed by atoms with Gasteiger partial charge >= 0.3 is 0 Å². The summed E-state index contributed by atoms with van der Waals surface area (Å²) in [7, 11) is 0. The zero-order chi connectivity index (χ0) is 14.7. The number of nitrogens with one attached hydrogen (secondary N) is 1. The minimum absolute atomic E-state index is 0.157. The summed E-state index contributed by atoms with van der Waals surface area (Å²) in [5.41, 5.74) is 3.76. The molecule has 0 saturated heterocycles. The molecule has 0 unspecified atom stereocenters. The minimum atomic E-state index is -0.394. The summed E-state index contributed by atoms with van der Waals surface area (Å²) in [5, 5.41) is 2.69. The Morgan fingerprint density at radius 3 is 2.55 bits per heavy atom. The van der Waals surface area contributed by atoms with Crippen LogP contribution in [-0.2, 0) is 11.2 Å². The third-order valence-electron chi connectivity index (χ3n) is 3.14. The molecule has 1 amide bonds. The summed E-state index contributed by atoms with van der Waals surface area (Å²) in [6, 6.07) is 10.5. The van der Waals surface area contributed by atoms with Crippen molar-refractivity contribution in [2.45, 2.75) is 20.3 Å². The summed E-state index contributed by atoms with van der Waals surface area (Å²) in [4.78, 5) is 11.9. The number of aryl methyl sites for hydroxylation is 2. The number of hydrogen-bond acceptors (Lipinski definition) is 1. The maximum atomic E-state index is 13.4. The average molecular weight is 336 g/mol.